The number of hydrogen-bond donors (Lipinski definition) is 1. The number of nitrogens with one attached hydrogen (secondary N) is 1. The summed E-state index contributed by atoms with van der Waals surface area (Å²) < 4.78 is 16.3. The van der Waals surface area contributed by atoms with Gasteiger partial charge in [0.2, 0.25) is 0 Å². The summed E-state index contributed by atoms with van der Waals surface area (Å²) in [6.45, 7) is 4.20. The number of aryl methyl sites for hydroxylation is 2. The van der Waals surface area contributed by atoms with Crippen LogP contribution in [0.1, 0.15) is 29.4 Å². The molecule has 0 saturated carbocycles. The Balaban J connectivity index is 1.86. The van der Waals surface area contributed by atoms with Gasteiger partial charge in [0.1, 0.15) is 10.5 Å². The van der Waals surface area contributed by atoms with Gasteiger partial charge in [-0.1, -0.05) is 55.5 Å². The van der Waals surface area contributed by atoms with Crippen molar-refractivity contribution < 1.29 is 4.39 Å². The Morgan fingerprint density at radius 1 is 1.04 bits per heavy atom. The van der Waals surface area contributed by atoms with Gasteiger partial charge >= 0.3 is 0 Å². The molecule has 136 valence electrons. The van der Waals surface area contributed by atoms with Crippen LogP contribution in [0, 0.1) is 17.4 Å². The molecule has 0 amide bonds. The quantitative estimate of drug-likeness (QED) is 0.417. The molecule has 0 bridgehead atoms. The Hall–Kier alpha value is -2.72. The number of aromatic amines is 1. The Morgan fingerprint density at radius 2 is 1.78 bits per heavy atom. The molecule has 0 unspecified atom stereocenters. The lowest BCUT2D eigenvalue weighted by molar-refractivity contribution is 0.628. The number of H-pyrrole nitrogens is 1. The smallest absolute Gasteiger partial charge is 0.127 e. The van der Waals surface area contributed by atoms with E-state index >= 15 is 0 Å². The van der Waals surface area contributed by atoms with E-state index in [-0.39, 0.29) is 5.82 Å². The number of aromatic nitrogens is 2. The fourth-order valence-electron chi connectivity index (χ4n) is 3.68. The molecule has 1 N–H and O–H groups in total. The number of nitrogens with zero attached hydrogens (tertiary/aromatic N) is 1. The van der Waals surface area contributed by atoms with Crippen molar-refractivity contribution in [1.82, 2.24) is 9.38 Å². The highest BCUT2D eigenvalue weighted by Crippen LogP contribution is 2.28. The van der Waals surface area contributed by atoms with Crippen molar-refractivity contribution in [3.05, 3.63) is 93.8 Å². The minimum absolute atomic E-state index is 0.216. The van der Waals surface area contributed by atoms with Crippen molar-refractivity contribution in [1.29, 1.82) is 0 Å². The maximum absolute atomic E-state index is 13.3. The molecule has 4 heteroatoms. The molecule has 4 aromatic rings. The minimum Gasteiger partial charge on any atom is -0.347 e. The molecule has 2 aromatic carbocycles. The average Bonchev–Trinajstić information content (AvgIpc) is 3.01. The van der Waals surface area contributed by atoms with E-state index in [9.17, 15) is 4.39 Å². The van der Waals surface area contributed by atoms with E-state index < -0.39 is 0 Å². The zero-order chi connectivity index (χ0) is 19.0. The topological polar surface area (TPSA) is 20.2 Å². The molecule has 0 atom stereocenters. The van der Waals surface area contributed by atoms with Gasteiger partial charge in [0, 0.05) is 24.0 Å². The largest absolute Gasteiger partial charge is 0.347 e. The standard InChI is InChI=1S/C23H21FN2S/c1-3-16-12-22-23(27)25-15(2)14-26(22)21(16)13-18-6-4-5-7-20(18)17-8-10-19(24)11-9-17/h4-12,14H,3,13H2,1-2H3,(H,25,27). The summed E-state index contributed by atoms with van der Waals surface area (Å²) in [4.78, 5) is 3.24. The first kappa shape index (κ1) is 17.7. The van der Waals surface area contributed by atoms with Crippen LogP contribution in [0.15, 0.2) is 60.8 Å². The maximum Gasteiger partial charge on any atom is 0.127 e. The van der Waals surface area contributed by atoms with E-state index in [4.69, 9.17) is 12.2 Å². The van der Waals surface area contributed by atoms with Gasteiger partial charge < -0.3 is 9.38 Å². The molecule has 2 nitrogen and oxygen atoms in total. The van der Waals surface area contributed by atoms with Crippen LogP contribution in [-0.4, -0.2) is 9.38 Å². The lowest BCUT2D eigenvalue weighted by Gasteiger charge is -2.12. The van der Waals surface area contributed by atoms with Crippen LogP contribution in [0.25, 0.3) is 16.6 Å². The maximum atomic E-state index is 13.3. The number of fused-ring (bicyclic) bond motifs is 1. The first-order chi connectivity index (χ1) is 13.1. The summed E-state index contributed by atoms with van der Waals surface area (Å²) in [6, 6.07) is 17.2. The van der Waals surface area contributed by atoms with Crippen LogP contribution in [0.5, 0.6) is 0 Å². The monoisotopic (exact) mass is 376 g/mol. The third-order valence-corrected chi connectivity index (χ3v) is 5.32. The first-order valence-corrected chi connectivity index (χ1v) is 9.54. The minimum atomic E-state index is -0.216. The van der Waals surface area contributed by atoms with Crippen LogP contribution < -0.4 is 0 Å². The highest BCUT2D eigenvalue weighted by molar-refractivity contribution is 7.71. The normalized spacial score (nSPS) is 11.2. The van der Waals surface area contributed by atoms with Gasteiger partial charge in [0.05, 0.1) is 5.52 Å². The van der Waals surface area contributed by atoms with Crippen LogP contribution in [0.4, 0.5) is 4.39 Å². The fraction of sp³-hybridized carbons (Fsp3) is 0.174. The van der Waals surface area contributed by atoms with Crippen molar-refractivity contribution in [2.45, 2.75) is 26.7 Å². The zero-order valence-corrected chi connectivity index (χ0v) is 16.2. The molecule has 2 heterocycles. The zero-order valence-electron chi connectivity index (χ0n) is 15.4. The summed E-state index contributed by atoms with van der Waals surface area (Å²) in [5.74, 6) is -0.216. The third-order valence-electron chi connectivity index (χ3n) is 5.01. The van der Waals surface area contributed by atoms with E-state index in [1.54, 1.807) is 0 Å². The molecule has 0 spiro atoms. The molecule has 0 aliphatic heterocycles. The van der Waals surface area contributed by atoms with E-state index in [1.165, 1.54) is 29.0 Å². The molecule has 0 saturated heterocycles. The van der Waals surface area contributed by atoms with Crippen molar-refractivity contribution in [2.75, 3.05) is 0 Å². The molecular weight excluding hydrogens is 355 g/mol. The second-order valence-electron chi connectivity index (χ2n) is 6.83. The van der Waals surface area contributed by atoms with E-state index in [0.717, 1.165) is 39.8 Å². The molecule has 4 rings (SSSR count). The van der Waals surface area contributed by atoms with Gasteiger partial charge in [-0.25, -0.2) is 4.39 Å². The lowest BCUT2D eigenvalue weighted by atomic mass is 9.95. The van der Waals surface area contributed by atoms with Gasteiger partial charge in [-0.3, -0.25) is 0 Å². The van der Waals surface area contributed by atoms with Crippen LogP contribution >= 0.6 is 12.2 Å². The van der Waals surface area contributed by atoms with Gasteiger partial charge in [-0.2, -0.15) is 0 Å². The predicted molar refractivity (Wildman–Crippen MR) is 111 cm³/mol. The summed E-state index contributed by atoms with van der Waals surface area (Å²) in [5, 5.41) is 0. The lowest BCUT2D eigenvalue weighted by Crippen LogP contribution is -2.01. The van der Waals surface area contributed by atoms with Crippen LogP contribution in [-0.2, 0) is 12.8 Å². The molecule has 0 aliphatic rings. The summed E-state index contributed by atoms with van der Waals surface area (Å²) >= 11 is 5.53. The van der Waals surface area contributed by atoms with Crippen LogP contribution in [0.2, 0.25) is 0 Å². The molecule has 0 radical (unpaired) electrons. The molecule has 0 aliphatic carbocycles. The predicted octanol–water partition coefficient (Wildman–Crippen LogP) is 6.26. The van der Waals surface area contributed by atoms with Crippen LogP contribution in [0.3, 0.4) is 0 Å². The van der Waals surface area contributed by atoms with Crippen molar-refractivity contribution in [3.8, 4) is 11.1 Å². The number of benzene rings is 2. The summed E-state index contributed by atoms with van der Waals surface area (Å²) in [7, 11) is 0. The summed E-state index contributed by atoms with van der Waals surface area (Å²) in [5.41, 5.74) is 8.02. The average molecular weight is 377 g/mol. The van der Waals surface area contributed by atoms with Crippen molar-refractivity contribution in [2.24, 2.45) is 0 Å². The Morgan fingerprint density at radius 3 is 2.52 bits per heavy atom. The van der Waals surface area contributed by atoms with Gasteiger partial charge in [-0.15, -0.1) is 0 Å². The molecule has 27 heavy (non-hydrogen) atoms. The van der Waals surface area contributed by atoms with E-state index in [1.807, 2.05) is 25.1 Å². The number of rotatable bonds is 4. The van der Waals surface area contributed by atoms with Gasteiger partial charge in [-0.05, 0) is 53.8 Å². The Labute approximate surface area is 163 Å². The number of hydrogen-bond acceptors (Lipinski definition) is 1. The second kappa shape index (κ2) is 7.12. The third kappa shape index (κ3) is 3.33. The number of halogens is 1. The van der Waals surface area contributed by atoms with E-state index in [0.29, 0.717) is 0 Å². The second-order valence-corrected chi connectivity index (χ2v) is 7.24. The molecule has 0 fully saturated rings. The molecule has 2 aromatic heterocycles. The Bertz CT molecular complexity index is 1170. The van der Waals surface area contributed by atoms with Crippen molar-refractivity contribution in [3.63, 3.8) is 0 Å². The SMILES string of the molecule is CCc1cc2c(=S)[nH]c(C)cn2c1Cc1ccccc1-c1ccc(F)cc1. The molecular formula is C23H21FN2S. The van der Waals surface area contributed by atoms with E-state index in [2.05, 4.69) is 46.8 Å². The Kier molecular flexibility index (Phi) is 4.66. The summed E-state index contributed by atoms with van der Waals surface area (Å²) in [6.07, 6.45) is 3.85. The highest BCUT2D eigenvalue weighted by atomic mass is 32.1. The van der Waals surface area contributed by atoms with Crippen molar-refractivity contribution >= 4 is 17.7 Å². The first-order valence-electron chi connectivity index (χ1n) is 9.13. The fourth-order valence-corrected chi connectivity index (χ4v) is 4.00. The van der Waals surface area contributed by atoms with Gasteiger partial charge in [0.15, 0.2) is 0 Å². The highest BCUT2D eigenvalue weighted by Gasteiger charge is 2.14. The van der Waals surface area contributed by atoms with Gasteiger partial charge in [0.25, 0.3) is 0 Å².